The number of nitrogens with zero attached hydrogens (tertiary/aromatic N) is 5. The Kier molecular flexibility index (Phi) is 5.67. The average Bonchev–Trinajstić information content (AvgIpc) is 3.10. The van der Waals surface area contributed by atoms with Crippen LogP contribution < -0.4 is 9.84 Å². The second-order valence-corrected chi connectivity index (χ2v) is 6.81. The van der Waals surface area contributed by atoms with Gasteiger partial charge in [-0.2, -0.15) is 4.68 Å². The predicted molar refractivity (Wildman–Crippen MR) is 95.2 cm³/mol. The number of fused-ring (bicyclic) bond motifs is 1. The molecule has 2 aromatic heterocycles. The van der Waals surface area contributed by atoms with Crippen LogP contribution in [0.15, 0.2) is 35.6 Å². The van der Waals surface area contributed by atoms with Crippen molar-refractivity contribution in [2.45, 2.75) is 36.5 Å². The van der Waals surface area contributed by atoms with Gasteiger partial charge in [-0.25, -0.2) is 9.97 Å². The van der Waals surface area contributed by atoms with Crippen LogP contribution in [0.5, 0.6) is 5.75 Å². The third-order valence-electron chi connectivity index (χ3n) is 3.86. The molecule has 0 bridgehead atoms. The number of thioether (sulfide) groups is 1. The van der Waals surface area contributed by atoms with E-state index in [1.54, 1.807) is 11.8 Å². The summed E-state index contributed by atoms with van der Waals surface area (Å²) in [5.74, 6) is -0.366. The highest BCUT2D eigenvalue weighted by Gasteiger charge is 2.18. The first kappa shape index (κ1) is 18.1. The lowest BCUT2D eigenvalue weighted by Crippen LogP contribution is -2.33. The van der Waals surface area contributed by atoms with Crippen LogP contribution in [0.3, 0.4) is 0 Å². The van der Waals surface area contributed by atoms with E-state index in [0.29, 0.717) is 22.6 Å². The third-order valence-corrected chi connectivity index (χ3v) is 5.09. The molecule has 1 aromatic carbocycles. The fourth-order valence-corrected chi connectivity index (χ4v) is 3.46. The fourth-order valence-electron chi connectivity index (χ4n) is 2.46. The molecule has 0 spiro atoms. The van der Waals surface area contributed by atoms with Crippen LogP contribution in [0.25, 0.3) is 16.9 Å². The van der Waals surface area contributed by atoms with E-state index >= 15 is 0 Å². The normalized spacial score (nSPS) is 12.2. The van der Waals surface area contributed by atoms with Crippen molar-refractivity contribution < 1.29 is 14.6 Å². The molecule has 3 rings (SSSR count). The summed E-state index contributed by atoms with van der Waals surface area (Å²) in [5.41, 5.74) is 1.75. The summed E-state index contributed by atoms with van der Waals surface area (Å²) in [6.45, 7) is 2.01. The number of aromatic nitrogens is 5. The average molecular weight is 372 g/mol. The summed E-state index contributed by atoms with van der Waals surface area (Å²) in [7, 11) is 1.60. The predicted octanol–water partition coefficient (Wildman–Crippen LogP) is 1.62. The number of methoxy groups -OCH3 is 1. The van der Waals surface area contributed by atoms with Crippen molar-refractivity contribution >= 4 is 28.9 Å². The Hall–Kier alpha value is -2.68. The Labute approximate surface area is 154 Å². The number of carbonyl (C=O) groups is 1. The van der Waals surface area contributed by atoms with Crippen molar-refractivity contribution in [3.8, 4) is 11.4 Å². The Balaban J connectivity index is 1.93. The molecule has 8 nitrogen and oxygen atoms in total. The quantitative estimate of drug-likeness (QED) is 0.434. The zero-order valence-corrected chi connectivity index (χ0v) is 15.3. The number of benzene rings is 1. The fraction of sp³-hybridized carbons (Fsp3) is 0.353. The molecule has 0 aliphatic carbocycles. The lowest BCUT2D eigenvalue weighted by Gasteiger charge is -2.16. The summed E-state index contributed by atoms with van der Waals surface area (Å²) < 4.78 is 6.74. The molecule has 0 N–H and O–H groups in total. The molecule has 0 saturated carbocycles. The van der Waals surface area contributed by atoms with Crippen LogP contribution in [0.4, 0.5) is 0 Å². The molecule has 9 heteroatoms. The number of unbranched alkanes of at least 4 members (excludes halogenated alkanes) is 1. The Morgan fingerprint density at radius 2 is 2.08 bits per heavy atom. The summed E-state index contributed by atoms with van der Waals surface area (Å²) in [4.78, 5) is 19.9. The molecular weight excluding hydrogens is 354 g/mol. The second kappa shape index (κ2) is 8.13. The van der Waals surface area contributed by atoms with Crippen molar-refractivity contribution in [1.82, 2.24) is 25.0 Å². The highest BCUT2D eigenvalue weighted by atomic mass is 32.2. The third kappa shape index (κ3) is 3.77. The van der Waals surface area contributed by atoms with Gasteiger partial charge in [0.05, 0.1) is 24.0 Å². The van der Waals surface area contributed by atoms with Gasteiger partial charge in [-0.3, -0.25) is 0 Å². The maximum absolute atomic E-state index is 11.4. The summed E-state index contributed by atoms with van der Waals surface area (Å²) >= 11 is 1.13. The Bertz CT molecular complexity index is 897. The molecule has 0 radical (unpaired) electrons. The molecule has 0 aliphatic heterocycles. The highest BCUT2D eigenvalue weighted by Crippen LogP contribution is 2.29. The van der Waals surface area contributed by atoms with Gasteiger partial charge in [-0.15, -0.1) is 5.10 Å². The van der Waals surface area contributed by atoms with E-state index in [1.807, 2.05) is 31.2 Å². The van der Waals surface area contributed by atoms with Crippen molar-refractivity contribution in [2.75, 3.05) is 7.11 Å². The molecule has 0 unspecified atom stereocenters. The van der Waals surface area contributed by atoms with Crippen molar-refractivity contribution in [2.24, 2.45) is 0 Å². The first-order valence-corrected chi connectivity index (χ1v) is 9.10. The molecule has 0 aliphatic rings. The van der Waals surface area contributed by atoms with Gasteiger partial charge < -0.3 is 14.6 Å². The molecule has 1 atom stereocenters. The van der Waals surface area contributed by atoms with E-state index in [-0.39, 0.29) is 0 Å². The Morgan fingerprint density at radius 1 is 1.31 bits per heavy atom. The van der Waals surface area contributed by atoms with Gasteiger partial charge in [-0.05, 0) is 30.7 Å². The molecule has 2 heterocycles. The summed E-state index contributed by atoms with van der Waals surface area (Å²) in [6.07, 6.45) is 3.62. The number of ether oxygens (including phenoxy) is 1. The van der Waals surface area contributed by atoms with E-state index in [9.17, 15) is 9.90 Å². The van der Waals surface area contributed by atoms with E-state index in [0.717, 1.165) is 36.0 Å². The lowest BCUT2D eigenvalue weighted by atomic mass is 10.2. The maximum atomic E-state index is 11.4. The molecule has 26 heavy (non-hydrogen) atoms. The molecule has 136 valence electrons. The first-order valence-electron chi connectivity index (χ1n) is 8.22. The minimum absolute atomic E-state index is 0.469. The monoisotopic (exact) mass is 372 g/mol. The molecule has 0 amide bonds. The van der Waals surface area contributed by atoms with Gasteiger partial charge in [0.25, 0.3) is 0 Å². The topological polar surface area (TPSA) is 106 Å². The van der Waals surface area contributed by atoms with Crippen LogP contribution in [0, 0.1) is 0 Å². The van der Waals surface area contributed by atoms with Gasteiger partial charge in [0.1, 0.15) is 17.1 Å². The molecule has 3 aromatic rings. The van der Waals surface area contributed by atoms with Crippen LogP contribution >= 0.6 is 11.8 Å². The number of carboxylic acids is 1. The minimum Gasteiger partial charge on any atom is -0.549 e. The molecule has 0 fully saturated rings. The van der Waals surface area contributed by atoms with Crippen molar-refractivity contribution in [1.29, 1.82) is 0 Å². The standard InChI is InChI=1S/C17H19N5O3S/c1-3-4-5-13(17(23)24)26-16-14-15(18-10-19-16)22(21-20-14)11-6-8-12(25-2)9-7-11/h6-10,13H,3-5H2,1-2H3,(H,23,24)/p-1/t13-/m1/s1. The van der Waals surface area contributed by atoms with Crippen LogP contribution in [-0.4, -0.2) is 43.3 Å². The highest BCUT2D eigenvalue weighted by molar-refractivity contribution is 8.00. The van der Waals surface area contributed by atoms with Gasteiger partial charge in [-0.1, -0.05) is 36.7 Å². The van der Waals surface area contributed by atoms with Crippen molar-refractivity contribution in [3.63, 3.8) is 0 Å². The SMILES string of the molecule is CCCC[C@@H](Sc1ncnc2c1nnn2-c1ccc(OC)cc1)C(=O)[O-]. The van der Waals surface area contributed by atoms with Gasteiger partial charge >= 0.3 is 0 Å². The number of carbonyl (C=O) groups excluding carboxylic acids is 1. The maximum Gasteiger partial charge on any atom is 0.187 e. The van der Waals surface area contributed by atoms with Crippen molar-refractivity contribution in [3.05, 3.63) is 30.6 Å². The zero-order chi connectivity index (χ0) is 18.5. The number of hydrogen-bond donors (Lipinski definition) is 0. The number of rotatable bonds is 8. The van der Waals surface area contributed by atoms with E-state index in [1.165, 1.54) is 6.33 Å². The van der Waals surface area contributed by atoms with E-state index < -0.39 is 11.2 Å². The molecule has 0 saturated heterocycles. The van der Waals surface area contributed by atoms with Crippen LogP contribution in [-0.2, 0) is 4.79 Å². The molecular formula is C17H18N5O3S-. The van der Waals surface area contributed by atoms with Crippen LogP contribution in [0.2, 0.25) is 0 Å². The van der Waals surface area contributed by atoms with Crippen LogP contribution in [0.1, 0.15) is 26.2 Å². The van der Waals surface area contributed by atoms with Gasteiger partial charge in [0.15, 0.2) is 11.2 Å². The lowest BCUT2D eigenvalue weighted by molar-refractivity contribution is -0.304. The van der Waals surface area contributed by atoms with E-state index in [2.05, 4.69) is 20.3 Å². The number of carboxylic acid groups (broad SMARTS) is 1. The zero-order valence-electron chi connectivity index (χ0n) is 14.5. The number of hydrogen-bond acceptors (Lipinski definition) is 8. The smallest absolute Gasteiger partial charge is 0.187 e. The van der Waals surface area contributed by atoms with E-state index in [4.69, 9.17) is 4.74 Å². The number of aliphatic carboxylic acids is 1. The summed E-state index contributed by atoms with van der Waals surface area (Å²) in [6, 6.07) is 7.31. The minimum atomic E-state index is -1.10. The van der Waals surface area contributed by atoms with Gasteiger partial charge in [0.2, 0.25) is 0 Å². The van der Waals surface area contributed by atoms with Gasteiger partial charge in [0, 0.05) is 0 Å². The first-order chi connectivity index (χ1) is 12.6. The largest absolute Gasteiger partial charge is 0.549 e. The summed E-state index contributed by atoms with van der Waals surface area (Å²) in [5, 5.41) is 19.5. The Morgan fingerprint density at radius 3 is 2.73 bits per heavy atom. The second-order valence-electron chi connectivity index (χ2n) is 5.62.